The van der Waals surface area contributed by atoms with Gasteiger partial charge in [0.25, 0.3) is 0 Å². The fourth-order valence-corrected chi connectivity index (χ4v) is 3.13. The minimum absolute atomic E-state index is 0.544. The lowest BCUT2D eigenvalue weighted by molar-refractivity contribution is 0.0455. The lowest BCUT2D eigenvalue weighted by Gasteiger charge is -2.26. The summed E-state index contributed by atoms with van der Waals surface area (Å²) in [4.78, 5) is 1.18. The van der Waals surface area contributed by atoms with Gasteiger partial charge in [-0.3, -0.25) is 0 Å². The summed E-state index contributed by atoms with van der Waals surface area (Å²) in [5, 5.41) is 4.73. The van der Waals surface area contributed by atoms with Crippen LogP contribution < -0.4 is 5.32 Å². The summed E-state index contributed by atoms with van der Waals surface area (Å²) in [7, 11) is 1.71. The van der Waals surface area contributed by atoms with Crippen LogP contribution in [0.3, 0.4) is 0 Å². The largest absolute Gasteiger partial charge is 0.383 e. The molecule has 1 aliphatic heterocycles. The molecular weight excluding hydrogens is 270 g/mol. The first-order valence-electron chi connectivity index (χ1n) is 6.02. The average Bonchev–Trinajstić information content (AvgIpc) is 2.31. The van der Waals surface area contributed by atoms with Gasteiger partial charge in [0.2, 0.25) is 0 Å². The Morgan fingerprint density at radius 1 is 1.50 bits per heavy atom. The van der Waals surface area contributed by atoms with Crippen molar-refractivity contribution in [3.63, 3.8) is 0 Å². The summed E-state index contributed by atoms with van der Waals surface area (Å²) < 4.78 is 10.2. The highest BCUT2D eigenvalue weighted by molar-refractivity contribution is 8.00. The molecular formula is C13H18ClNO2S. The van der Waals surface area contributed by atoms with Crippen molar-refractivity contribution in [3.8, 4) is 0 Å². The van der Waals surface area contributed by atoms with E-state index in [0.717, 1.165) is 37.9 Å². The SMILES string of the molecule is COCCNCc1cccc(Cl)c1SC1COC1. The van der Waals surface area contributed by atoms with E-state index in [9.17, 15) is 0 Å². The lowest BCUT2D eigenvalue weighted by atomic mass is 10.2. The number of nitrogens with one attached hydrogen (secondary N) is 1. The Balaban J connectivity index is 1.96. The van der Waals surface area contributed by atoms with Crippen molar-refractivity contribution >= 4 is 23.4 Å². The summed E-state index contributed by atoms with van der Waals surface area (Å²) in [6.07, 6.45) is 0. The molecule has 0 bridgehead atoms. The molecule has 2 rings (SSSR count). The molecule has 0 aromatic heterocycles. The fourth-order valence-electron chi connectivity index (χ4n) is 1.67. The van der Waals surface area contributed by atoms with Crippen LogP contribution in [0.2, 0.25) is 5.02 Å². The normalized spacial score (nSPS) is 15.7. The van der Waals surface area contributed by atoms with E-state index in [1.165, 1.54) is 10.5 Å². The smallest absolute Gasteiger partial charge is 0.0611 e. The van der Waals surface area contributed by atoms with E-state index < -0.39 is 0 Å². The van der Waals surface area contributed by atoms with Gasteiger partial charge < -0.3 is 14.8 Å². The third kappa shape index (κ3) is 3.87. The van der Waals surface area contributed by atoms with Crippen LogP contribution in [0.15, 0.2) is 23.1 Å². The highest BCUT2D eigenvalue weighted by Gasteiger charge is 2.22. The highest BCUT2D eigenvalue weighted by atomic mass is 35.5. The Labute approximate surface area is 117 Å². The summed E-state index contributed by atoms with van der Waals surface area (Å²) in [6, 6.07) is 6.06. The maximum atomic E-state index is 6.28. The van der Waals surface area contributed by atoms with Gasteiger partial charge in [-0.15, -0.1) is 11.8 Å². The summed E-state index contributed by atoms with van der Waals surface area (Å²) in [5.41, 5.74) is 1.25. The number of halogens is 1. The van der Waals surface area contributed by atoms with Gasteiger partial charge in [0.15, 0.2) is 0 Å². The number of ether oxygens (including phenoxy) is 2. The van der Waals surface area contributed by atoms with E-state index >= 15 is 0 Å². The second-order valence-electron chi connectivity index (χ2n) is 4.17. The van der Waals surface area contributed by atoms with Crippen LogP contribution in [0, 0.1) is 0 Å². The molecule has 1 N–H and O–H groups in total. The monoisotopic (exact) mass is 287 g/mol. The van der Waals surface area contributed by atoms with Crippen LogP contribution in [0.25, 0.3) is 0 Å². The van der Waals surface area contributed by atoms with Gasteiger partial charge >= 0.3 is 0 Å². The second-order valence-corrected chi connectivity index (χ2v) is 5.89. The Hall–Kier alpha value is -0.260. The van der Waals surface area contributed by atoms with Gasteiger partial charge in [0.1, 0.15) is 0 Å². The highest BCUT2D eigenvalue weighted by Crippen LogP contribution is 2.35. The number of methoxy groups -OCH3 is 1. The topological polar surface area (TPSA) is 30.5 Å². The third-order valence-corrected chi connectivity index (χ3v) is 4.49. The van der Waals surface area contributed by atoms with Crippen LogP contribution in [0.5, 0.6) is 0 Å². The molecule has 3 nitrogen and oxygen atoms in total. The van der Waals surface area contributed by atoms with Crippen LogP contribution in [-0.4, -0.2) is 38.7 Å². The molecule has 0 atom stereocenters. The number of benzene rings is 1. The van der Waals surface area contributed by atoms with E-state index in [1.54, 1.807) is 7.11 Å². The lowest BCUT2D eigenvalue weighted by Crippen LogP contribution is -2.30. The van der Waals surface area contributed by atoms with Crippen LogP contribution in [0.4, 0.5) is 0 Å². The predicted octanol–water partition coefficient (Wildman–Crippen LogP) is 2.57. The zero-order valence-electron chi connectivity index (χ0n) is 10.4. The average molecular weight is 288 g/mol. The zero-order valence-corrected chi connectivity index (χ0v) is 12.0. The number of hydrogen-bond acceptors (Lipinski definition) is 4. The van der Waals surface area contributed by atoms with Crippen molar-refractivity contribution in [1.29, 1.82) is 0 Å². The van der Waals surface area contributed by atoms with Crippen molar-refractivity contribution < 1.29 is 9.47 Å². The van der Waals surface area contributed by atoms with E-state index in [0.29, 0.717) is 5.25 Å². The first kappa shape index (κ1) is 14.2. The van der Waals surface area contributed by atoms with Crippen LogP contribution in [0.1, 0.15) is 5.56 Å². The second kappa shape index (κ2) is 7.36. The standard InChI is InChI=1S/C13H18ClNO2S/c1-16-6-5-15-7-10-3-2-4-12(14)13(10)18-11-8-17-9-11/h2-4,11,15H,5-9H2,1H3. The van der Waals surface area contributed by atoms with Crippen molar-refractivity contribution in [3.05, 3.63) is 28.8 Å². The Bertz CT molecular complexity index is 385. The van der Waals surface area contributed by atoms with E-state index in [1.807, 2.05) is 23.9 Å². The molecule has 18 heavy (non-hydrogen) atoms. The molecule has 0 aliphatic carbocycles. The van der Waals surface area contributed by atoms with Crippen molar-refractivity contribution in [1.82, 2.24) is 5.32 Å². The van der Waals surface area contributed by atoms with Crippen molar-refractivity contribution in [2.24, 2.45) is 0 Å². The van der Waals surface area contributed by atoms with E-state index in [2.05, 4.69) is 11.4 Å². The van der Waals surface area contributed by atoms with Crippen molar-refractivity contribution in [2.75, 3.05) is 33.5 Å². The Kier molecular flexibility index (Phi) is 5.79. The summed E-state index contributed by atoms with van der Waals surface area (Å²) in [5.74, 6) is 0. The summed E-state index contributed by atoms with van der Waals surface area (Å²) >= 11 is 8.10. The maximum absolute atomic E-state index is 6.28. The van der Waals surface area contributed by atoms with E-state index in [-0.39, 0.29) is 0 Å². The van der Waals surface area contributed by atoms with Gasteiger partial charge in [-0.1, -0.05) is 23.7 Å². The Morgan fingerprint density at radius 2 is 2.33 bits per heavy atom. The van der Waals surface area contributed by atoms with Gasteiger partial charge in [0.05, 0.1) is 30.1 Å². The molecule has 1 aliphatic rings. The van der Waals surface area contributed by atoms with Gasteiger partial charge in [0, 0.05) is 25.1 Å². The van der Waals surface area contributed by atoms with Crippen LogP contribution in [-0.2, 0) is 16.0 Å². The maximum Gasteiger partial charge on any atom is 0.0611 e. The predicted molar refractivity (Wildman–Crippen MR) is 75.5 cm³/mol. The number of rotatable bonds is 7. The summed E-state index contributed by atoms with van der Waals surface area (Å²) in [6.45, 7) is 4.04. The molecule has 0 amide bonds. The molecule has 0 unspecified atom stereocenters. The van der Waals surface area contributed by atoms with Crippen molar-refractivity contribution in [2.45, 2.75) is 16.7 Å². The molecule has 1 fully saturated rings. The molecule has 0 radical (unpaired) electrons. The molecule has 1 saturated heterocycles. The van der Waals surface area contributed by atoms with E-state index in [4.69, 9.17) is 21.1 Å². The minimum Gasteiger partial charge on any atom is -0.383 e. The molecule has 0 spiro atoms. The van der Waals surface area contributed by atoms with Gasteiger partial charge in [-0.05, 0) is 11.6 Å². The number of thioether (sulfide) groups is 1. The molecule has 100 valence electrons. The molecule has 5 heteroatoms. The Morgan fingerprint density at radius 3 is 3.00 bits per heavy atom. The van der Waals surface area contributed by atoms with Gasteiger partial charge in [-0.2, -0.15) is 0 Å². The van der Waals surface area contributed by atoms with Gasteiger partial charge in [-0.25, -0.2) is 0 Å². The first-order chi connectivity index (χ1) is 8.81. The molecule has 0 saturated carbocycles. The minimum atomic E-state index is 0.544. The fraction of sp³-hybridized carbons (Fsp3) is 0.538. The molecule has 1 aromatic carbocycles. The molecule has 1 heterocycles. The number of hydrogen-bond donors (Lipinski definition) is 1. The molecule has 1 aromatic rings. The zero-order chi connectivity index (χ0) is 12.8. The van der Waals surface area contributed by atoms with Crippen LogP contribution >= 0.6 is 23.4 Å². The third-order valence-electron chi connectivity index (χ3n) is 2.74. The first-order valence-corrected chi connectivity index (χ1v) is 7.28. The quantitative estimate of drug-likeness (QED) is 0.781.